The summed E-state index contributed by atoms with van der Waals surface area (Å²) in [6.07, 6.45) is 0. The van der Waals surface area contributed by atoms with E-state index in [1.54, 1.807) is 0 Å². The number of thioether (sulfide) groups is 1. The van der Waals surface area contributed by atoms with Gasteiger partial charge in [0.1, 0.15) is 27.5 Å². The monoisotopic (exact) mass is 470 g/mol. The first kappa shape index (κ1) is 18.3. The first-order valence-corrected chi connectivity index (χ1v) is 9.24. The Morgan fingerprint density at radius 3 is 2.65 bits per heavy atom. The van der Waals surface area contributed by atoms with Crippen molar-refractivity contribution in [2.45, 2.75) is 22.1 Å². The molecule has 0 aromatic rings. The molecule has 2 aliphatic heterocycles. The first-order chi connectivity index (χ1) is 10.7. The van der Waals surface area contributed by atoms with Gasteiger partial charge in [-0.1, -0.05) is 31.9 Å². The van der Waals surface area contributed by atoms with E-state index in [4.69, 9.17) is 4.74 Å². The van der Waals surface area contributed by atoms with E-state index < -0.39 is 38.9 Å². The average Bonchev–Trinajstić information content (AvgIpc) is 2.48. The van der Waals surface area contributed by atoms with Crippen LogP contribution in [0.1, 0.15) is 6.92 Å². The van der Waals surface area contributed by atoms with Crippen LogP contribution in [0.5, 0.6) is 0 Å². The Hall–Kier alpha value is -1.07. The molecule has 126 valence electrons. The van der Waals surface area contributed by atoms with E-state index in [-0.39, 0.29) is 12.3 Å². The van der Waals surface area contributed by atoms with Crippen LogP contribution in [0.2, 0.25) is 0 Å². The van der Waals surface area contributed by atoms with Crippen molar-refractivity contribution in [1.29, 1.82) is 0 Å². The Morgan fingerprint density at radius 2 is 2.13 bits per heavy atom. The lowest BCUT2D eigenvalue weighted by Gasteiger charge is -2.49. The molecule has 0 saturated carbocycles. The normalized spacial score (nSPS) is 23.3. The second kappa shape index (κ2) is 7.22. The summed E-state index contributed by atoms with van der Waals surface area (Å²) in [5.41, 5.74) is 0.172. The van der Waals surface area contributed by atoms with Crippen LogP contribution in [0.25, 0.3) is 0 Å². The van der Waals surface area contributed by atoms with Gasteiger partial charge >= 0.3 is 11.9 Å². The number of hydrogen-bond donors (Lipinski definition) is 2. The van der Waals surface area contributed by atoms with Crippen LogP contribution in [-0.4, -0.2) is 61.3 Å². The molecule has 1 saturated heterocycles. The van der Waals surface area contributed by atoms with Gasteiger partial charge < -0.3 is 15.2 Å². The highest BCUT2D eigenvalue weighted by Crippen LogP contribution is 2.40. The molecule has 0 bridgehead atoms. The summed E-state index contributed by atoms with van der Waals surface area (Å²) in [7, 11) is 0. The van der Waals surface area contributed by atoms with E-state index in [0.29, 0.717) is 11.3 Å². The predicted molar refractivity (Wildman–Crippen MR) is 88.0 cm³/mol. The van der Waals surface area contributed by atoms with Crippen molar-refractivity contribution in [1.82, 2.24) is 10.2 Å². The highest BCUT2D eigenvalue weighted by molar-refractivity contribution is 9.25. The van der Waals surface area contributed by atoms with Crippen molar-refractivity contribution in [3.63, 3.8) is 0 Å². The Kier molecular flexibility index (Phi) is 5.74. The van der Waals surface area contributed by atoms with E-state index >= 15 is 0 Å². The van der Waals surface area contributed by atoms with Gasteiger partial charge in [-0.3, -0.25) is 19.3 Å². The fourth-order valence-corrected chi connectivity index (χ4v) is 3.79. The first-order valence-electron chi connectivity index (χ1n) is 6.36. The maximum Gasteiger partial charge on any atom is 0.352 e. The highest BCUT2D eigenvalue weighted by Gasteiger charge is 2.54. The number of halogens is 2. The molecule has 0 aliphatic carbocycles. The smallest absolute Gasteiger partial charge is 0.352 e. The second-order valence-corrected chi connectivity index (χ2v) is 8.90. The number of nitrogens with zero attached hydrogens (tertiary/aromatic N) is 1. The maximum absolute atomic E-state index is 12.2. The minimum atomic E-state index is -1.27. The molecule has 2 N–H and O–H groups in total. The summed E-state index contributed by atoms with van der Waals surface area (Å²) < 4.78 is 4.19. The summed E-state index contributed by atoms with van der Waals surface area (Å²) in [4.78, 5) is 47.4. The average molecular weight is 472 g/mol. The standard InChI is InChI=1S/C12H12Br2N2O6S/c1-4(17)22-2-5-3-23-11-6(15-9(18)8(13)14)10(19)16(11)7(5)12(20)21/h6,8,11H,2-3H2,1H3,(H,15,18)(H,20,21)/t6-,11-/m1/s1. The van der Waals surface area contributed by atoms with E-state index in [0.717, 1.165) is 4.90 Å². The van der Waals surface area contributed by atoms with Crippen LogP contribution in [0.4, 0.5) is 0 Å². The number of alkyl halides is 2. The van der Waals surface area contributed by atoms with Crippen LogP contribution < -0.4 is 5.32 Å². The van der Waals surface area contributed by atoms with Crippen molar-refractivity contribution in [3.8, 4) is 0 Å². The molecule has 0 aromatic carbocycles. The maximum atomic E-state index is 12.2. The molecular weight excluding hydrogens is 460 g/mol. The Balaban J connectivity index is 2.18. The Bertz CT molecular complexity index is 608. The Labute approximate surface area is 152 Å². The van der Waals surface area contributed by atoms with Crippen LogP contribution in [0.3, 0.4) is 0 Å². The fraction of sp³-hybridized carbons (Fsp3) is 0.500. The number of amides is 2. The summed E-state index contributed by atoms with van der Waals surface area (Å²) in [5, 5.41) is 11.4. The van der Waals surface area contributed by atoms with Gasteiger partial charge in [0, 0.05) is 18.2 Å². The van der Waals surface area contributed by atoms with Gasteiger partial charge in [-0.15, -0.1) is 11.8 Å². The van der Waals surface area contributed by atoms with Crippen molar-refractivity contribution >= 4 is 67.4 Å². The summed E-state index contributed by atoms with van der Waals surface area (Å²) in [6, 6.07) is -0.783. The molecule has 8 nitrogen and oxygen atoms in total. The number of rotatable bonds is 5. The summed E-state index contributed by atoms with van der Waals surface area (Å²) in [5.74, 6) is -2.43. The van der Waals surface area contributed by atoms with E-state index in [2.05, 4.69) is 37.2 Å². The van der Waals surface area contributed by atoms with Crippen molar-refractivity contribution in [2.75, 3.05) is 12.4 Å². The molecule has 2 heterocycles. The minimum absolute atomic E-state index is 0.178. The quantitative estimate of drug-likeness (QED) is 0.339. The lowest BCUT2D eigenvalue weighted by Crippen LogP contribution is -2.71. The second-order valence-electron chi connectivity index (χ2n) is 4.73. The van der Waals surface area contributed by atoms with Gasteiger partial charge in [-0.25, -0.2) is 4.79 Å². The fourth-order valence-electron chi connectivity index (χ4n) is 2.20. The number of ether oxygens (including phenoxy) is 1. The molecule has 23 heavy (non-hydrogen) atoms. The summed E-state index contributed by atoms with van der Waals surface area (Å²) in [6.45, 7) is 1.04. The molecule has 11 heteroatoms. The van der Waals surface area contributed by atoms with Crippen molar-refractivity contribution in [2.24, 2.45) is 0 Å². The molecule has 2 amide bonds. The molecule has 2 rings (SSSR count). The largest absolute Gasteiger partial charge is 0.477 e. The number of carbonyl (C=O) groups excluding carboxylic acids is 3. The van der Waals surface area contributed by atoms with Crippen LogP contribution in [0.15, 0.2) is 11.3 Å². The zero-order valence-corrected chi connectivity index (χ0v) is 15.7. The van der Waals surface area contributed by atoms with E-state index in [9.17, 15) is 24.3 Å². The van der Waals surface area contributed by atoms with Gasteiger partial charge in [0.15, 0.2) is 0 Å². The topological polar surface area (TPSA) is 113 Å². The molecule has 0 radical (unpaired) electrons. The Morgan fingerprint density at radius 1 is 1.48 bits per heavy atom. The molecule has 2 atom stereocenters. The zero-order valence-electron chi connectivity index (χ0n) is 11.7. The number of carboxylic acids is 1. The lowest BCUT2D eigenvalue weighted by atomic mass is 10.0. The minimum Gasteiger partial charge on any atom is -0.477 e. The van der Waals surface area contributed by atoms with Crippen molar-refractivity contribution in [3.05, 3.63) is 11.3 Å². The van der Waals surface area contributed by atoms with Crippen LogP contribution >= 0.6 is 43.6 Å². The van der Waals surface area contributed by atoms with Crippen LogP contribution in [-0.2, 0) is 23.9 Å². The van der Waals surface area contributed by atoms with Gasteiger partial charge in [0.05, 0.1) is 0 Å². The third-order valence-corrected chi connectivity index (χ3v) is 5.37. The SMILES string of the molecule is CC(=O)OCC1=C(C(=O)O)N2C(=O)[C@@H](NC(=O)C(Br)Br)[C@H]2SC1. The van der Waals surface area contributed by atoms with E-state index in [1.165, 1.54) is 18.7 Å². The summed E-state index contributed by atoms with van der Waals surface area (Å²) >= 11 is 7.37. The number of carboxylic acid groups (broad SMARTS) is 1. The number of carbonyl (C=O) groups is 4. The zero-order chi connectivity index (χ0) is 17.3. The van der Waals surface area contributed by atoms with Gasteiger partial charge in [-0.2, -0.15) is 0 Å². The third-order valence-electron chi connectivity index (χ3n) is 3.20. The molecule has 2 aliphatic rings. The lowest BCUT2D eigenvalue weighted by molar-refractivity contribution is -0.150. The number of hydrogen-bond acceptors (Lipinski definition) is 6. The third kappa shape index (κ3) is 3.72. The van der Waals surface area contributed by atoms with Gasteiger partial charge in [0.25, 0.3) is 5.91 Å². The van der Waals surface area contributed by atoms with Crippen LogP contribution in [0, 0.1) is 0 Å². The number of aliphatic carboxylic acids is 1. The number of β-lactam (4-membered cyclic amide) rings is 1. The number of nitrogens with one attached hydrogen (secondary N) is 1. The molecule has 0 unspecified atom stereocenters. The highest BCUT2D eigenvalue weighted by atomic mass is 79.9. The van der Waals surface area contributed by atoms with Gasteiger partial charge in [0.2, 0.25) is 5.91 Å². The molecule has 0 spiro atoms. The van der Waals surface area contributed by atoms with Gasteiger partial charge in [-0.05, 0) is 0 Å². The predicted octanol–water partition coefficient (Wildman–Crippen LogP) is 0.404. The number of esters is 1. The molecule has 0 aromatic heterocycles. The number of fused-ring (bicyclic) bond motifs is 1. The molecular formula is C12H12Br2N2O6S. The van der Waals surface area contributed by atoms with E-state index in [1.807, 2.05) is 0 Å². The van der Waals surface area contributed by atoms with Crippen molar-refractivity contribution < 1.29 is 29.0 Å². The molecule has 1 fully saturated rings.